The van der Waals surface area contributed by atoms with Crippen LogP contribution in [0.5, 0.6) is 0 Å². The number of anilines is 1. The van der Waals surface area contributed by atoms with Crippen LogP contribution in [0, 0.1) is 0 Å². The van der Waals surface area contributed by atoms with Gasteiger partial charge in [-0.25, -0.2) is 0 Å². The maximum Gasteiger partial charge on any atom is 0.239 e. The van der Waals surface area contributed by atoms with Gasteiger partial charge in [0.2, 0.25) is 5.91 Å². The molecule has 0 aliphatic carbocycles. The number of piperazine rings is 1. The van der Waals surface area contributed by atoms with Crippen LogP contribution in [0.4, 0.5) is 5.69 Å². The Morgan fingerprint density at radius 3 is 2.42 bits per heavy atom. The van der Waals surface area contributed by atoms with Crippen LogP contribution < -0.4 is 10.2 Å². The zero-order valence-corrected chi connectivity index (χ0v) is 20.3. The number of aromatic nitrogens is 1. The summed E-state index contributed by atoms with van der Waals surface area (Å²) in [6, 6.07) is 17.0. The zero-order valence-electron chi connectivity index (χ0n) is 20.3. The Kier molecular flexibility index (Phi) is 7.36. The highest BCUT2D eigenvalue weighted by Gasteiger charge is 2.26. The van der Waals surface area contributed by atoms with E-state index in [0.29, 0.717) is 6.54 Å². The molecule has 1 amide bonds. The van der Waals surface area contributed by atoms with Crippen molar-refractivity contribution in [3.63, 3.8) is 0 Å². The van der Waals surface area contributed by atoms with Gasteiger partial charge in [-0.15, -0.1) is 0 Å². The molecule has 0 bridgehead atoms. The number of para-hydroxylation sites is 1. The number of hydrogen-bond donors (Lipinski definition) is 2. The van der Waals surface area contributed by atoms with Gasteiger partial charge >= 0.3 is 0 Å². The number of carbonyl (C=O) groups is 1. The Hall–Kier alpha value is -2.83. The minimum absolute atomic E-state index is 0.143. The SMILES string of the molecule is CCN1CCN(C(=O)[C@@H](C)NC[C@H](c2ccc(N(C)C)cc2)c2c[nH]c3ccccc23)CC1. The predicted molar refractivity (Wildman–Crippen MR) is 137 cm³/mol. The number of nitrogens with zero attached hydrogens (tertiary/aromatic N) is 3. The summed E-state index contributed by atoms with van der Waals surface area (Å²) in [5.41, 5.74) is 4.82. The van der Waals surface area contributed by atoms with E-state index in [-0.39, 0.29) is 17.9 Å². The van der Waals surface area contributed by atoms with E-state index in [2.05, 4.69) is 95.8 Å². The van der Waals surface area contributed by atoms with E-state index >= 15 is 0 Å². The molecule has 4 rings (SSSR count). The molecule has 3 aromatic rings. The second-order valence-electron chi connectivity index (χ2n) is 9.22. The van der Waals surface area contributed by atoms with Gasteiger partial charge in [0, 0.05) is 75.5 Å². The van der Waals surface area contributed by atoms with Crippen molar-refractivity contribution in [1.29, 1.82) is 0 Å². The molecule has 2 aromatic carbocycles. The van der Waals surface area contributed by atoms with Crippen LogP contribution in [0.2, 0.25) is 0 Å². The lowest BCUT2D eigenvalue weighted by Gasteiger charge is -2.35. The second-order valence-corrected chi connectivity index (χ2v) is 9.22. The number of aromatic amines is 1. The summed E-state index contributed by atoms with van der Waals surface area (Å²) >= 11 is 0. The molecular formula is C27H37N5O. The predicted octanol–water partition coefficient (Wildman–Crippen LogP) is 3.51. The molecule has 1 saturated heterocycles. The fraction of sp³-hybridized carbons (Fsp3) is 0.444. The van der Waals surface area contributed by atoms with E-state index in [9.17, 15) is 4.79 Å². The first kappa shape index (κ1) is 23.3. The molecular weight excluding hydrogens is 410 g/mol. The third kappa shape index (κ3) is 5.23. The molecule has 176 valence electrons. The number of carbonyl (C=O) groups excluding carboxylic acids is 1. The van der Waals surface area contributed by atoms with Crippen LogP contribution in [0.25, 0.3) is 10.9 Å². The molecule has 33 heavy (non-hydrogen) atoms. The number of nitrogens with one attached hydrogen (secondary N) is 2. The van der Waals surface area contributed by atoms with E-state index in [0.717, 1.165) is 38.2 Å². The monoisotopic (exact) mass is 447 g/mol. The number of benzene rings is 2. The summed E-state index contributed by atoms with van der Waals surface area (Å²) in [6.07, 6.45) is 2.12. The van der Waals surface area contributed by atoms with E-state index in [1.165, 1.54) is 22.2 Å². The molecule has 6 heteroatoms. The molecule has 0 spiro atoms. The molecule has 6 nitrogen and oxygen atoms in total. The van der Waals surface area contributed by atoms with Crippen molar-refractivity contribution in [2.45, 2.75) is 25.8 Å². The minimum Gasteiger partial charge on any atom is -0.378 e. The Bertz CT molecular complexity index is 1050. The summed E-state index contributed by atoms with van der Waals surface area (Å²) in [6.45, 7) is 9.48. The standard InChI is InChI=1S/C27H37N5O/c1-5-31-14-16-32(17-15-31)27(33)20(2)28-18-24(21-10-12-22(13-11-21)30(3)4)25-19-29-26-9-7-6-8-23(25)26/h6-13,19-20,24,28-29H,5,14-18H2,1-4H3/t20-,24-/m1/s1. The molecule has 0 radical (unpaired) electrons. The smallest absolute Gasteiger partial charge is 0.239 e. The fourth-order valence-electron chi connectivity index (χ4n) is 4.73. The summed E-state index contributed by atoms with van der Waals surface area (Å²) in [5, 5.41) is 4.80. The number of H-pyrrole nitrogens is 1. The number of likely N-dealkylation sites (N-methyl/N-ethyl adjacent to an activating group) is 1. The number of rotatable bonds is 8. The largest absolute Gasteiger partial charge is 0.378 e. The van der Waals surface area contributed by atoms with Crippen molar-refractivity contribution in [2.75, 3.05) is 58.3 Å². The van der Waals surface area contributed by atoms with Gasteiger partial charge in [-0.2, -0.15) is 0 Å². The van der Waals surface area contributed by atoms with Crippen molar-refractivity contribution in [3.8, 4) is 0 Å². The Balaban J connectivity index is 1.52. The van der Waals surface area contributed by atoms with Gasteiger partial charge in [-0.1, -0.05) is 37.3 Å². The summed E-state index contributed by atoms with van der Waals surface area (Å²) in [4.78, 5) is 23.0. The van der Waals surface area contributed by atoms with E-state index in [4.69, 9.17) is 0 Å². The maximum atomic E-state index is 13.1. The lowest BCUT2D eigenvalue weighted by atomic mass is 9.90. The van der Waals surface area contributed by atoms with Crippen LogP contribution in [-0.4, -0.2) is 80.1 Å². The van der Waals surface area contributed by atoms with Gasteiger partial charge in [0.1, 0.15) is 0 Å². The normalized spacial score (nSPS) is 16.7. The van der Waals surface area contributed by atoms with Crippen molar-refractivity contribution in [1.82, 2.24) is 20.1 Å². The summed E-state index contributed by atoms with van der Waals surface area (Å²) in [5.74, 6) is 0.343. The fourth-order valence-corrected chi connectivity index (χ4v) is 4.73. The van der Waals surface area contributed by atoms with Gasteiger partial charge in [0.25, 0.3) is 0 Å². The third-order valence-electron chi connectivity index (χ3n) is 6.94. The Morgan fingerprint density at radius 2 is 1.76 bits per heavy atom. The first-order valence-corrected chi connectivity index (χ1v) is 12.1. The third-order valence-corrected chi connectivity index (χ3v) is 6.94. The van der Waals surface area contributed by atoms with Crippen molar-refractivity contribution < 1.29 is 4.79 Å². The van der Waals surface area contributed by atoms with Crippen LogP contribution in [0.15, 0.2) is 54.7 Å². The first-order valence-electron chi connectivity index (χ1n) is 12.1. The Morgan fingerprint density at radius 1 is 1.06 bits per heavy atom. The highest BCUT2D eigenvalue weighted by Crippen LogP contribution is 2.31. The van der Waals surface area contributed by atoms with Crippen LogP contribution in [-0.2, 0) is 4.79 Å². The highest BCUT2D eigenvalue weighted by atomic mass is 16.2. The highest BCUT2D eigenvalue weighted by molar-refractivity contribution is 5.84. The molecule has 0 unspecified atom stereocenters. The Labute approximate surface area is 197 Å². The van der Waals surface area contributed by atoms with Crippen LogP contribution >= 0.6 is 0 Å². The summed E-state index contributed by atoms with van der Waals surface area (Å²) in [7, 11) is 4.11. The molecule has 0 saturated carbocycles. The molecule has 2 atom stereocenters. The molecule has 1 aliphatic rings. The lowest BCUT2D eigenvalue weighted by molar-refractivity contribution is -0.134. The van der Waals surface area contributed by atoms with Gasteiger partial charge in [-0.05, 0) is 42.8 Å². The summed E-state index contributed by atoms with van der Waals surface area (Å²) < 4.78 is 0. The van der Waals surface area contributed by atoms with Crippen LogP contribution in [0.3, 0.4) is 0 Å². The first-order chi connectivity index (χ1) is 16.0. The van der Waals surface area contributed by atoms with E-state index in [1.807, 2.05) is 11.8 Å². The zero-order chi connectivity index (χ0) is 23.4. The van der Waals surface area contributed by atoms with Gasteiger partial charge in [0.15, 0.2) is 0 Å². The van der Waals surface area contributed by atoms with Crippen molar-refractivity contribution in [3.05, 3.63) is 65.9 Å². The minimum atomic E-state index is -0.216. The number of hydrogen-bond acceptors (Lipinski definition) is 4. The average molecular weight is 448 g/mol. The van der Waals surface area contributed by atoms with Crippen molar-refractivity contribution >= 4 is 22.5 Å². The molecule has 2 heterocycles. The van der Waals surface area contributed by atoms with Crippen molar-refractivity contribution in [2.24, 2.45) is 0 Å². The lowest BCUT2D eigenvalue weighted by Crippen LogP contribution is -2.53. The van der Waals surface area contributed by atoms with Gasteiger partial charge in [-0.3, -0.25) is 4.79 Å². The second kappa shape index (κ2) is 10.4. The number of fused-ring (bicyclic) bond motifs is 1. The van der Waals surface area contributed by atoms with E-state index in [1.54, 1.807) is 0 Å². The van der Waals surface area contributed by atoms with Gasteiger partial charge in [0.05, 0.1) is 6.04 Å². The quantitative estimate of drug-likeness (QED) is 0.555. The molecule has 2 N–H and O–H groups in total. The molecule has 1 aromatic heterocycles. The maximum absolute atomic E-state index is 13.1. The van der Waals surface area contributed by atoms with Crippen LogP contribution in [0.1, 0.15) is 30.9 Å². The average Bonchev–Trinajstić information content (AvgIpc) is 3.28. The topological polar surface area (TPSA) is 54.6 Å². The van der Waals surface area contributed by atoms with E-state index < -0.39 is 0 Å². The molecule has 1 fully saturated rings. The number of amides is 1. The molecule has 1 aliphatic heterocycles. The van der Waals surface area contributed by atoms with Gasteiger partial charge < -0.3 is 25.0 Å².